The van der Waals surface area contributed by atoms with Gasteiger partial charge in [0.1, 0.15) is 11.4 Å². The van der Waals surface area contributed by atoms with Gasteiger partial charge in [-0.15, -0.1) is 0 Å². The van der Waals surface area contributed by atoms with E-state index in [0.29, 0.717) is 13.1 Å². The number of carbonyl (C=O) groups is 1. The van der Waals surface area contributed by atoms with Crippen LogP contribution in [0.1, 0.15) is 5.56 Å². The van der Waals surface area contributed by atoms with E-state index >= 15 is 0 Å². The molecule has 176 valence electrons. The number of rotatable bonds is 6. The van der Waals surface area contributed by atoms with E-state index in [-0.39, 0.29) is 5.91 Å². The zero-order chi connectivity index (χ0) is 24.0. The summed E-state index contributed by atoms with van der Waals surface area (Å²) < 4.78 is 7.33. The van der Waals surface area contributed by atoms with Gasteiger partial charge in [-0.3, -0.25) is 9.78 Å². The monoisotopic (exact) mass is 465 g/mol. The first-order valence-electron chi connectivity index (χ1n) is 11.6. The number of benzene rings is 2. The summed E-state index contributed by atoms with van der Waals surface area (Å²) in [7, 11) is 1.68. The first-order valence-corrected chi connectivity index (χ1v) is 11.6. The van der Waals surface area contributed by atoms with E-state index in [9.17, 15) is 4.79 Å². The molecule has 2 aromatic carbocycles. The van der Waals surface area contributed by atoms with Crippen LogP contribution >= 0.6 is 0 Å². The van der Waals surface area contributed by atoms with Gasteiger partial charge >= 0.3 is 0 Å². The van der Waals surface area contributed by atoms with E-state index < -0.39 is 0 Å². The van der Waals surface area contributed by atoms with Crippen LogP contribution in [0.5, 0.6) is 5.75 Å². The molecule has 7 heteroatoms. The molecule has 2 aromatic heterocycles. The Morgan fingerprint density at radius 3 is 2.46 bits per heavy atom. The number of nitrogens with zero attached hydrogens (tertiary/aromatic N) is 5. The van der Waals surface area contributed by atoms with Crippen molar-refractivity contribution in [3.8, 4) is 22.7 Å². The molecule has 0 spiro atoms. The van der Waals surface area contributed by atoms with Crippen LogP contribution in [0.25, 0.3) is 23.0 Å². The first kappa shape index (κ1) is 22.4. The number of aromatic nitrogens is 3. The molecule has 1 fully saturated rings. The average molecular weight is 466 g/mol. The maximum absolute atomic E-state index is 13.0. The Balaban J connectivity index is 1.32. The molecule has 5 rings (SSSR count). The van der Waals surface area contributed by atoms with Crippen molar-refractivity contribution in [3.05, 3.63) is 97.0 Å². The van der Waals surface area contributed by atoms with Crippen molar-refractivity contribution in [1.82, 2.24) is 19.7 Å². The van der Waals surface area contributed by atoms with Crippen LogP contribution in [0.3, 0.4) is 0 Å². The highest BCUT2D eigenvalue weighted by molar-refractivity contribution is 5.93. The van der Waals surface area contributed by atoms with Gasteiger partial charge in [0, 0.05) is 62.0 Å². The minimum absolute atomic E-state index is 0.00530. The summed E-state index contributed by atoms with van der Waals surface area (Å²) in [4.78, 5) is 21.4. The molecule has 0 bridgehead atoms. The van der Waals surface area contributed by atoms with E-state index in [1.54, 1.807) is 25.6 Å². The molecule has 3 heterocycles. The molecule has 0 atom stereocenters. The van der Waals surface area contributed by atoms with Crippen molar-refractivity contribution in [3.63, 3.8) is 0 Å². The van der Waals surface area contributed by atoms with Crippen LogP contribution in [0.4, 0.5) is 5.69 Å². The van der Waals surface area contributed by atoms with E-state index in [1.165, 1.54) is 0 Å². The molecule has 35 heavy (non-hydrogen) atoms. The van der Waals surface area contributed by atoms with Crippen LogP contribution < -0.4 is 9.64 Å². The summed E-state index contributed by atoms with van der Waals surface area (Å²) in [5, 5.41) is 4.78. The molecule has 1 saturated heterocycles. The Bertz CT molecular complexity index is 1310. The molecule has 1 aliphatic heterocycles. The molecule has 0 radical (unpaired) electrons. The lowest BCUT2D eigenvalue weighted by Crippen LogP contribution is -2.48. The number of piperazine rings is 1. The normalized spacial score (nSPS) is 13.9. The largest absolute Gasteiger partial charge is 0.495 e. The molecule has 0 aliphatic carbocycles. The highest BCUT2D eigenvalue weighted by Crippen LogP contribution is 2.28. The highest BCUT2D eigenvalue weighted by Gasteiger charge is 2.22. The van der Waals surface area contributed by atoms with Crippen LogP contribution in [0.2, 0.25) is 0 Å². The van der Waals surface area contributed by atoms with E-state index in [2.05, 4.69) is 16.0 Å². The lowest BCUT2D eigenvalue weighted by Gasteiger charge is -2.36. The van der Waals surface area contributed by atoms with Crippen molar-refractivity contribution in [1.29, 1.82) is 0 Å². The van der Waals surface area contributed by atoms with Gasteiger partial charge in [0.05, 0.1) is 18.5 Å². The molecule has 0 unspecified atom stereocenters. The van der Waals surface area contributed by atoms with Gasteiger partial charge in [0.25, 0.3) is 0 Å². The molecule has 1 amide bonds. The second-order valence-corrected chi connectivity index (χ2v) is 8.27. The summed E-state index contributed by atoms with van der Waals surface area (Å²) in [5.41, 5.74) is 4.57. The number of carbonyl (C=O) groups excluding carboxylic acids is 1. The average Bonchev–Trinajstić information content (AvgIpc) is 3.37. The van der Waals surface area contributed by atoms with E-state index in [1.807, 2.05) is 82.5 Å². The molecule has 4 aromatic rings. The zero-order valence-electron chi connectivity index (χ0n) is 19.6. The maximum atomic E-state index is 13.0. The molecule has 0 N–H and O–H groups in total. The van der Waals surface area contributed by atoms with Crippen molar-refractivity contribution in [2.75, 3.05) is 38.2 Å². The van der Waals surface area contributed by atoms with E-state index in [4.69, 9.17) is 9.84 Å². The SMILES string of the molecule is COc1ccccc1N1CCN(C(=O)C=Cc2cn(-c3ccccc3)nc2-c2cccnc2)CC1. The number of para-hydroxylation sites is 3. The minimum atomic E-state index is -0.00530. The fourth-order valence-electron chi connectivity index (χ4n) is 4.27. The second kappa shape index (κ2) is 10.3. The smallest absolute Gasteiger partial charge is 0.246 e. The summed E-state index contributed by atoms with van der Waals surface area (Å²) in [6, 6.07) is 21.8. The Hall–Kier alpha value is -4.39. The fourth-order valence-corrected chi connectivity index (χ4v) is 4.27. The van der Waals surface area contributed by atoms with Gasteiger partial charge in [0.2, 0.25) is 5.91 Å². The number of hydrogen-bond acceptors (Lipinski definition) is 5. The van der Waals surface area contributed by atoms with Crippen LogP contribution in [-0.2, 0) is 4.79 Å². The van der Waals surface area contributed by atoms with E-state index in [0.717, 1.165) is 47.0 Å². The Morgan fingerprint density at radius 1 is 0.943 bits per heavy atom. The maximum Gasteiger partial charge on any atom is 0.246 e. The Morgan fingerprint density at radius 2 is 1.71 bits per heavy atom. The molecule has 7 nitrogen and oxygen atoms in total. The fraction of sp³-hybridized carbons (Fsp3) is 0.179. The summed E-state index contributed by atoms with van der Waals surface area (Å²) in [5.74, 6) is 0.847. The lowest BCUT2D eigenvalue weighted by molar-refractivity contribution is -0.126. The Labute approximate surface area is 204 Å². The van der Waals surface area contributed by atoms with Crippen molar-refractivity contribution >= 4 is 17.7 Å². The van der Waals surface area contributed by atoms with Gasteiger partial charge in [-0.25, -0.2) is 4.68 Å². The number of ether oxygens (including phenoxy) is 1. The third-order valence-electron chi connectivity index (χ3n) is 6.12. The third-order valence-corrected chi connectivity index (χ3v) is 6.12. The molecule has 0 saturated carbocycles. The van der Waals surface area contributed by atoms with Gasteiger partial charge < -0.3 is 14.5 Å². The predicted molar refractivity (Wildman–Crippen MR) is 138 cm³/mol. The quantitative estimate of drug-likeness (QED) is 0.397. The van der Waals surface area contributed by atoms with Crippen molar-refractivity contribution in [2.24, 2.45) is 0 Å². The number of pyridine rings is 1. The number of methoxy groups -OCH3 is 1. The topological polar surface area (TPSA) is 63.5 Å². The lowest BCUT2D eigenvalue weighted by atomic mass is 10.1. The minimum Gasteiger partial charge on any atom is -0.495 e. The van der Waals surface area contributed by atoms with Gasteiger partial charge in [-0.2, -0.15) is 5.10 Å². The molecule has 1 aliphatic rings. The standard InChI is InChI=1S/C28H27N5O2/c1-35-26-12-6-5-11-25(26)31-16-18-32(19-17-31)27(34)14-13-23-21-33(24-9-3-2-4-10-24)30-28(23)22-8-7-15-29-20-22/h2-15,20-21H,16-19H2,1H3. The Kier molecular flexibility index (Phi) is 6.57. The second-order valence-electron chi connectivity index (χ2n) is 8.27. The van der Waals surface area contributed by atoms with Crippen LogP contribution in [0, 0.1) is 0 Å². The third kappa shape index (κ3) is 4.94. The predicted octanol–water partition coefficient (Wildman–Crippen LogP) is 4.30. The summed E-state index contributed by atoms with van der Waals surface area (Å²) in [6.07, 6.45) is 8.96. The highest BCUT2D eigenvalue weighted by atomic mass is 16.5. The van der Waals surface area contributed by atoms with Gasteiger partial charge in [0.15, 0.2) is 0 Å². The molecular formula is C28H27N5O2. The zero-order valence-corrected chi connectivity index (χ0v) is 19.6. The first-order chi connectivity index (χ1) is 17.2. The summed E-state index contributed by atoms with van der Waals surface area (Å²) >= 11 is 0. The van der Waals surface area contributed by atoms with Gasteiger partial charge in [-0.05, 0) is 42.5 Å². The van der Waals surface area contributed by atoms with Crippen LogP contribution in [0.15, 0.2) is 91.4 Å². The molecular weight excluding hydrogens is 438 g/mol. The van der Waals surface area contributed by atoms with Crippen molar-refractivity contribution in [2.45, 2.75) is 0 Å². The van der Waals surface area contributed by atoms with Crippen LogP contribution in [-0.4, -0.2) is 58.9 Å². The number of amides is 1. The summed E-state index contributed by atoms with van der Waals surface area (Å²) in [6.45, 7) is 2.82. The number of hydrogen-bond donors (Lipinski definition) is 0. The van der Waals surface area contributed by atoms with Crippen molar-refractivity contribution < 1.29 is 9.53 Å². The van der Waals surface area contributed by atoms with Gasteiger partial charge in [-0.1, -0.05) is 30.3 Å². The number of anilines is 1.